The third kappa shape index (κ3) is 4.34. The fourth-order valence-corrected chi connectivity index (χ4v) is 4.29. The molecule has 5 rings (SSSR count). The van der Waals surface area contributed by atoms with E-state index in [1.54, 1.807) is 29.9 Å². The Balaban J connectivity index is 1.52. The van der Waals surface area contributed by atoms with Crippen LogP contribution in [-0.2, 0) is 6.42 Å². The van der Waals surface area contributed by atoms with Gasteiger partial charge in [0, 0.05) is 53.1 Å². The van der Waals surface area contributed by atoms with Crippen molar-refractivity contribution in [2.24, 2.45) is 5.73 Å². The Bertz CT molecular complexity index is 1310. The lowest BCUT2D eigenvalue weighted by molar-refractivity contribution is 0.698. The summed E-state index contributed by atoms with van der Waals surface area (Å²) in [7, 11) is 0. The average molecular weight is 439 g/mol. The molecule has 0 aliphatic carbocycles. The van der Waals surface area contributed by atoms with E-state index in [0.717, 1.165) is 40.0 Å². The lowest BCUT2D eigenvalue weighted by Crippen LogP contribution is -2.31. The minimum absolute atomic E-state index is 0.0510. The zero-order valence-corrected chi connectivity index (χ0v) is 18.2. The highest BCUT2D eigenvalue weighted by Gasteiger charge is 2.15. The van der Waals surface area contributed by atoms with Crippen LogP contribution in [0.25, 0.3) is 33.5 Å². The number of rotatable bonds is 7. The molecule has 0 spiro atoms. The van der Waals surface area contributed by atoms with E-state index in [0.29, 0.717) is 12.4 Å². The molecule has 1 aromatic carbocycles. The highest BCUT2D eigenvalue weighted by molar-refractivity contribution is 7.08. The van der Waals surface area contributed by atoms with E-state index in [1.165, 1.54) is 5.56 Å². The topological polar surface area (TPSA) is 89.6 Å². The predicted molar refractivity (Wildman–Crippen MR) is 130 cm³/mol. The Hall–Kier alpha value is -3.68. The molecule has 0 radical (unpaired) electrons. The van der Waals surface area contributed by atoms with Crippen molar-refractivity contribution in [3.05, 3.63) is 89.5 Å². The van der Waals surface area contributed by atoms with Crippen LogP contribution in [0.15, 0.2) is 83.9 Å². The number of nitrogens with zero attached hydrogens (tertiary/aromatic N) is 4. The summed E-state index contributed by atoms with van der Waals surface area (Å²) in [6.07, 6.45) is 6.08. The van der Waals surface area contributed by atoms with Gasteiger partial charge in [-0.3, -0.25) is 9.97 Å². The molecule has 4 aromatic heterocycles. The van der Waals surface area contributed by atoms with E-state index in [-0.39, 0.29) is 6.04 Å². The number of fused-ring (bicyclic) bond motifs is 1. The molecule has 7 heteroatoms. The lowest BCUT2D eigenvalue weighted by atomic mass is 10.1. The zero-order chi connectivity index (χ0) is 21.8. The third-order valence-corrected chi connectivity index (χ3v) is 5.90. The number of nitrogens with one attached hydrogen (secondary N) is 1. The number of thiophene rings is 1. The Morgan fingerprint density at radius 1 is 0.906 bits per heavy atom. The molecule has 1 atom stereocenters. The number of nitrogens with two attached hydrogens (primary N) is 1. The van der Waals surface area contributed by atoms with Crippen molar-refractivity contribution in [3.63, 3.8) is 0 Å². The maximum Gasteiger partial charge on any atom is 0.162 e. The smallest absolute Gasteiger partial charge is 0.162 e. The molecule has 0 fully saturated rings. The van der Waals surface area contributed by atoms with Gasteiger partial charge in [-0.05, 0) is 41.6 Å². The first-order valence-corrected chi connectivity index (χ1v) is 11.4. The summed E-state index contributed by atoms with van der Waals surface area (Å²) in [5.41, 5.74) is 11.3. The number of benzene rings is 1. The summed E-state index contributed by atoms with van der Waals surface area (Å²) in [5.74, 6) is 1.38. The average Bonchev–Trinajstić information content (AvgIpc) is 3.38. The molecular formula is C25H22N6S. The molecule has 4 heterocycles. The molecule has 0 unspecified atom stereocenters. The highest BCUT2D eigenvalue weighted by Crippen LogP contribution is 2.31. The van der Waals surface area contributed by atoms with Gasteiger partial charge in [0.05, 0.1) is 5.69 Å². The molecule has 0 saturated heterocycles. The molecule has 0 bridgehead atoms. The van der Waals surface area contributed by atoms with Gasteiger partial charge in [0.15, 0.2) is 5.82 Å². The van der Waals surface area contributed by atoms with E-state index < -0.39 is 0 Å². The van der Waals surface area contributed by atoms with Crippen LogP contribution < -0.4 is 11.1 Å². The van der Waals surface area contributed by atoms with Crippen molar-refractivity contribution < 1.29 is 0 Å². The lowest BCUT2D eigenvalue weighted by Gasteiger charge is -2.16. The first-order valence-electron chi connectivity index (χ1n) is 10.4. The van der Waals surface area contributed by atoms with Crippen molar-refractivity contribution in [2.75, 3.05) is 11.9 Å². The van der Waals surface area contributed by atoms with Gasteiger partial charge in [-0.15, -0.1) is 0 Å². The number of hydrogen-bond acceptors (Lipinski definition) is 7. The van der Waals surface area contributed by atoms with Crippen molar-refractivity contribution >= 4 is 28.1 Å². The van der Waals surface area contributed by atoms with Gasteiger partial charge in [0.25, 0.3) is 0 Å². The van der Waals surface area contributed by atoms with Crippen LogP contribution in [0.4, 0.5) is 5.82 Å². The molecular weight excluding hydrogens is 416 g/mol. The first-order chi connectivity index (χ1) is 15.8. The van der Waals surface area contributed by atoms with Gasteiger partial charge in [-0.1, -0.05) is 30.3 Å². The minimum atomic E-state index is -0.0510. The fraction of sp³-hybridized carbons (Fsp3) is 0.120. The highest BCUT2D eigenvalue weighted by atomic mass is 32.1. The largest absolute Gasteiger partial charge is 0.368 e. The second-order valence-corrected chi connectivity index (χ2v) is 8.31. The van der Waals surface area contributed by atoms with Crippen LogP contribution in [0.3, 0.4) is 0 Å². The molecule has 0 aliphatic rings. The zero-order valence-electron chi connectivity index (χ0n) is 17.3. The van der Waals surface area contributed by atoms with Gasteiger partial charge >= 0.3 is 0 Å². The number of anilines is 1. The van der Waals surface area contributed by atoms with E-state index >= 15 is 0 Å². The molecule has 0 saturated carbocycles. The Morgan fingerprint density at radius 3 is 2.53 bits per heavy atom. The van der Waals surface area contributed by atoms with E-state index in [2.05, 4.69) is 38.9 Å². The van der Waals surface area contributed by atoms with Crippen LogP contribution >= 0.6 is 11.3 Å². The van der Waals surface area contributed by atoms with Crippen LogP contribution in [0.5, 0.6) is 0 Å². The number of aromatic nitrogens is 4. The Kier molecular flexibility index (Phi) is 5.83. The quantitative estimate of drug-likeness (QED) is 0.379. The summed E-state index contributed by atoms with van der Waals surface area (Å²) in [4.78, 5) is 18.5. The monoisotopic (exact) mass is 438 g/mol. The molecule has 3 N–H and O–H groups in total. The number of hydrogen-bond donors (Lipinski definition) is 2. The minimum Gasteiger partial charge on any atom is -0.368 e. The van der Waals surface area contributed by atoms with E-state index in [4.69, 9.17) is 15.7 Å². The van der Waals surface area contributed by atoms with Gasteiger partial charge in [-0.25, -0.2) is 9.97 Å². The summed E-state index contributed by atoms with van der Waals surface area (Å²) < 4.78 is 0. The Labute approximate surface area is 190 Å². The van der Waals surface area contributed by atoms with Crippen LogP contribution in [0, 0.1) is 0 Å². The van der Waals surface area contributed by atoms with Crippen molar-refractivity contribution in [1.82, 2.24) is 19.9 Å². The van der Waals surface area contributed by atoms with E-state index in [9.17, 15) is 0 Å². The SMILES string of the molecule is N[C@H](CNc1nc(-c2ccncc2)nc2c(-c3ccsc3)nccc12)Cc1ccccc1. The van der Waals surface area contributed by atoms with Crippen LogP contribution in [-0.4, -0.2) is 32.5 Å². The maximum absolute atomic E-state index is 6.43. The molecule has 6 nitrogen and oxygen atoms in total. The maximum atomic E-state index is 6.43. The van der Waals surface area contributed by atoms with Crippen molar-refractivity contribution in [2.45, 2.75) is 12.5 Å². The molecule has 32 heavy (non-hydrogen) atoms. The van der Waals surface area contributed by atoms with Crippen molar-refractivity contribution in [1.29, 1.82) is 0 Å². The van der Waals surface area contributed by atoms with Gasteiger partial charge in [0.1, 0.15) is 11.3 Å². The summed E-state index contributed by atoms with van der Waals surface area (Å²) >= 11 is 1.64. The first kappa shape index (κ1) is 20.2. The van der Waals surface area contributed by atoms with Gasteiger partial charge in [-0.2, -0.15) is 11.3 Å². The molecule has 5 aromatic rings. The standard InChI is InChI=1S/C25H22N6S/c26-20(14-17-4-2-1-3-5-17)15-29-25-21-8-12-28-22(19-9-13-32-16-19)23(21)30-24(31-25)18-6-10-27-11-7-18/h1-13,16,20H,14-15,26H2,(H,29,30,31)/t20-/m0/s1. The Morgan fingerprint density at radius 2 is 1.75 bits per heavy atom. The number of pyridine rings is 2. The van der Waals surface area contributed by atoms with Crippen LogP contribution in [0.2, 0.25) is 0 Å². The van der Waals surface area contributed by atoms with Crippen LogP contribution in [0.1, 0.15) is 5.56 Å². The normalized spacial score (nSPS) is 12.0. The fourth-order valence-electron chi connectivity index (χ4n) is 3.65. The van der Waals surface area contributed by atoms with Crippen molar-refractivity contribution in [3.8, 4) is 22.6 Å². The van der Waals surface area contributed by atoms with Gasteiger partial charge in [0.2, 0.25) is 0 Å². The predicted octanol–water partition coefficient (Wildman–Crippen LogP) is 4.80. The summed E-state index contributed by atoms with van der Waals surface area (Å²) in [6, 6.07) is 18.1. The molecule has 0 aliphatic heterocycles. The molecule has 158 valence electrons. The third-order valence-electron chi connectivity index (χ3n) is 5.22. The second-order valence-electron chi connectivity index (χ2n) is 7.53. The summed E-state index contributed by atoms with van der Waals surface area (Å²) in [5, 5.41) is 8.52. The second kappa shape index (κ2) is 9.21. The summed E-state index contributed by atoms with van der Waals surface area (Å²) in [6.45, 7) is 0.590. The van der Waals surface area contributed by atoms with Gasteiger partial charge < -0.3 is 11.1 Å². The molecule has 0 amide bonds. The van der Waals surface area contributed by atoms with E-state index in [1.807, 2.05) is 41.8 Å².